The highest BCUT2D eigenvalue weighted by Crippen LogP contribution is 2.24. The molecule has 0 aliphatic rings. The number of ether oxygens (including phenoxy) is 1. The number of nitrogens with two attached hydrogens (primary N) is 1. The summed E-state index contributed by atoms with van der Waals surface area (Å²) in [6.45, 7) is 3.50. The normalized spacial score (nSPS) is 11.4. The standard InChI is InChI=1S/C13H16BrN3O4/c1-3-21-12(19)8-4-5-10(9(14)6-8)17-11(18)7(2)16-13(15)20/h4-7H,3H2,1-2H3,(H,17,18)(H3,15,16,20). The maximum atomic E-state index is 11.8. The highest BCUT2D eigenvalue weighted by molar-refractivity contribution is 9.10. The molecule has 7 nitrogen and oxygen atoms in total. The number of benzene rings is 1. The Morgan fingerprint density at radius 3 is 2.57 bits per heavy atom. The smallest absolute Gasteiger partial charge is 0.338 e. The lowest BCUT2D eigenvalue weighted by Gasteiger charge is -2.14. The molecular formula is C13H16BrN3O4. The average molecular weight is 358 g/mol. The van der Waals surface area contributed by atoms with Gasteiger partial charge in [-0.25, -0.2) is 9.59 Å². The third-order valence-electron chi connectivity index (χ3n) is 2.49. The van der Waals surface area contributed by atoms with Gasteiger partial charge < -0.3 is 21.1 Å². The summed E-state index contributed by atoms with van der Waals surface area (Å²) in [6, 6.07) is 3.07. The van der Waals surface area contributed by atoms with Crippen molar-refractivity contribution in [3.8, 4) is 0 Å². The van der Waals surface area contributed by atoms with Crippen LogP contribution in [0.5, 0.6) is 0 Å². The zero-order chi connectivity index (χ0) is 16.0. The maximum Gasteiger partial charge on any atom is 0.338 e. The van der Waals surface area contributed by atoms with E-state index >= 15 is 0 Å². The lowest BCUT2D eigenvalue weighted by Crippen LogP contribution is -2.44. The second kappa shape index (κ2) is 7.63. The van der Waals surface area contributed by atoms with Gasteiger partial charge in [0.15, 0.2) is 0 Å². The van der Waals surface area contributed by atoms with Gasteiger partial charge in [0.2, 0.25) is 5.91 Å². The van der Waals surface area contributed by atoms with Crippen LogP contribution >= 0.6 is 15.9 Å². The van der Waals surface area contributed by atoms with Crippen molar-refractivity contribution in [2.24, 2.45) is 5.73 Å². The van der Waals surface area contributed by atoms with Crippen LogP contribution in [0.3, 0.4) is 0 Å². The molecule has 1 unspecified atom stereocenters. The van der Waals surface area contributed by atoms with Gasteiger partial charge in [-0.3, -0.25) is 4.79 Å². The van der Waals surface area contributed by atoms with Crippen molar-refractivity contribution in [2.75, 3.05) is 11.9 Å². The molecule has 0 radical (unpaired) electrons. The fourth-order valence-electron chi connectivity index (χ4n) is 1.48. The number of nitrogens with one attached hydrogen (secondary N) is 2. The fraction of sp³-hybridized carbons (Fsp3) is 0.308. The van der Waals surface area contributed by atoms with Crippen molar-refractivity contribution in [2.45, 2.75) is 19.9 Å². The van der Waals surface area contributed by atoms with Crippen LogP contribution in [0.2, 0.25) is 0 Å². The number of esters is 1. The number of primary amides is 1. The minimum absolute atomic E-state index is 0.283. The Morgan fingerprint density at radius 2 is 2.05 bits per heavy atom. The molecule has 0 saturated heterocycles. The van der Waals surface area contributed by atoms with Crippen molar-refractivity contribution >= 4 is 39.5 Å². The number of carbonyl (C=O) groups is 3. The van der Waals surface area contributed by atoms with E-state index in [1.165, 1.54) is 13.0 Å². The summed E-state index contributed by atoms with van der Waals surface area (Å²) >= 11 is 3.26. The zero-order valence-corrected chi connectivity index (χ0v) is 13.2. The van der Waals surface area contributed by atoms with E-state index < -0.39 is 23.9 Å². The SMILES string of the molecule is CCOC(=O)c1ccc(NC(=O)C(C)NC(N)=O)c(Br)c1. The van der Waals surface area contributed by atoms with Crippen molar-refractivity contribution < 1.29 is 19.1 Å². The first-order valence-corrected chi connectivity index (χ1v) is 6.98. The number of amides is 3. The number of rotatable bonds is 5. The van der Waals surface area contributed by atoms with Gasteiger partial charge in [-0.1, -0.05) is 0 Å². The van der Waals surface area contributed by atoms with Crippen LogP contribution in [0, 0.1) is 0 Å². The quantitative estimate of drug-likeness (QED) is 0.695. The zero-order valence-electron chi connectivity index (χ0n) is 11.6. The molecule has 0 aliphatic carbocycles. The number of carbonyl (C=O) groups excluding carboxylic acids is 3. The second-order valence-corrected chi connectivity index (χ2v) is 4.99. The van der Waals surface area contributed by atoms with Crippen LogP contribution in [0.4, 0.5) is 10.5 Å². The molecule has 1 aromatic rings. The van der Waals surface area contributed by atoms with Gasteiger partial charge >= 0.3 is 12.0 Å². The summed E-state index contributed by atoms with van der Waals surface area (Å²) in [5.41, 5.74) is 5.78. The maximum absolute atomic E-state index is 11.8. The van der Waals surface area contributed by atoms with Crippen LogP contribution in [0.15, 0.2) is 22.7 Å². The molecule has 1 aromatic carbocycles. The molecule has 0 heterocycles. The molecular weight excluding hydrogens is 342 g/mol. The first-order valence-electron chi connectivity index (χ1n) is 6.18. The fourth-order valence-corrected chi connectivity index (χ4v) is 1.96. The molecule has 0 aliphatic heterocycles. The second-order valence-electron chi connectivity index (χ2n) is 4.13. The van der Waals surface area contributed by atoms with Gasteiger partial charge in [0.05, 0.1) is 17.9 Å². The molecule has 3 amide bonds. The summed E-state index contributed by atoms with van der Waals surface area (Å²) in [4.78, 5) is 34.1. The number of hydrogen-bond donors (Lipinski definition) is 3. The van der Waals surface area contributed by atoms with Crippen LogP contribution < -0.4 is 16.4 Å². The molecule has 0 spiro atoms. The van der Waals surface area contributed by atoms with Gasteiger partial charge in [0, 0.05) is 4.47 Å². The third-order valence-corrected chi connectivity index (χ3v) is 3.15. The first kappa shape index (κ1) is 17.0. The van der Waals surface area contributed by atoms with E-state index in [1.807, 2.05) is 0 Å². The van der Waals surface area contributed by atoms with Crippen LogP contribution in [-0.4, -0.2) is 30.6 Å². The Kier molecular flexibility index (Phi) is 6.16. The minimum Gasteiger partial charge on any atom is -0.462 e. The molecule has 1 atom stereocenters. The van der Waals surface area contributed by atoms with Gasteiger partial charge in [-0.15, -0.1) is 0 Å². The van der Waals surface area contributed by atoms with Gasteiger partial charge in [0.25, 0.3) is 0 Å². The Bertz CT molecular complexity index is 562. The van der Waals surface area contributed by atoms with E-state index in [1.54, 1.807) is 19.1 Å². The molecule has 114 valence electrons. The molecule has 0 aromatic heterocycles. The van der Waals surface area contributed by atoms with E-state index in [0.29, 0.717) is 15.7 Å². The van der Waals surface area contributed by atoms with Gasteiger partial charge in [-0.05, 0) is 48.0 Å². The molecule has 0 fully saturated rings. The van der Waals surface area contributed by atoms with E-state index in [4.69, 9.17) is 10.5 Å². The van der Waals surface area contributed by atoms with Crippen molar-refractivity contribution in [3.63, 3.8) is 0 Å². The summed E-state index contributed by atoms with van der Waals surface area (Å²) in [6.07, 6.45) is 0. The largest absolute Gasteiger partial charge is 0.462 e. The number of halogens is 1. The Labute approximate surface area is 130 Å². The summed E-state index contributed by atoms with van der Waals surface area (Å²) in [7, 11) is 0. The van der Waals surface area contributed by atoms with E-state index in [0.717, 1.165) is 0 Å². The van der Waals surface area contributed by atoms with Crippen LogP contribution in [-0.2, 0) is 9.53 Å². The lowest BCUT2D eigenvalue weighted by atomic mass is 10.2. The summed E-state index contributed by atoms with van der Waals surface area (Å²) < 4.78 is 5.40. The van der Waals surface area contributed by atoms with E-state index in [2.05, 4.69) is 26.6 Å². The molecule has 21 heavy (non-hydrogen) atoms. The molecule has 8 heteroatoms. The van der Waals surface area contributed by atoms with Crippen molar-refractivity contribution in [1.29, 1.82) is 0 Å². The predicted molar refractivity (Wildman–Crippen MR) is 80.9 cm³/mol. The Hall–Kier alpha value is -2.09. The number of anilines is 1. The first-order chi connectivity index (χ1) is 9.85. The van der Waals surface area contributed by atoms with Crippen LogP contribution in [0.1, 0.15) is 24.2 Å². The highest BCUT2D eigenvalue weighted by atomic mass is 79.9. The molecule has 4 N–H and O–H groups in total. The molecule has 0 bridgehead atoms. The summed E-state index contributed by atoms with van der Waals surface area (Å²) in [5.74, 6) is -0.877. The van der Waals surface area contributed by atoms with E-state index in [-0.39, 0.29) is 6.61 Å². The third kappa shape index (κ3) is 5.07. The van der Waals surface area contributed by atoms with E-state index in [9.17, 15) is 14.4 Å². The van der Waals surface area contributed by atoms with Gasteiger partial charge in [0.1, 0.15) is 6.04 Å². The summed E-state index contributed by atoms with van der Waals surface area (Å²) in [5, 5.41) is 4.87. The highest BCUT2D eigenvalue weighted by Gasteiger charge is 2.16. The van der Waals surface area contributed by atoms with Gasteiger partial charge in [-0.2, -0.15) is 0 Å². The molecule has 0 saturated carbocycles. The Morgan fingerprint density at radius 1 is 1.38 bits per heavy atom. The number of hydrogen-bond acceptors (Lipinski definition) is 4. The monoisotopic (exact) mass is 357 g/mol. The lowest BCUT2D eigenvalue weighted by molar-refractivity contribution is -0.117. The topological polar surface area (TPSA) is 111 Å². The van der Waals surface area contributed by atoms with Crippen molar-refractivity contribution in [1.82, 2.24) is 5.32 Å². The Balaban J connectivity index is 2.79. The molecule has 1 rings (SSSR count). The van der Waals surface area contributed by atoms with Crippen LogP contribution in [0.25, 0.3) is 0 Å². The predicted octanol–water partition coefficient (Wildman–Crippen LogP) is 1.62. The van der Waals surface area contributed by atoms with Crippen molar-refractivity contribution in [3.05, 3.63) is 28.2 Å². The average Bonchev–Trinajstić information content (AvgIpc) is 2.40. The minimum atomic E-state index is -0.783. The number of urea groups is 1.